The molecule has 0 fully saturated rings. The van der Waals surface area contributed by atoms with Gasteiger partial charge in [-0.3, -0.25) is 4.98 Å². The summed E-state index contributed by atoms with van der Waals surface area (Å²) in [7, 11) is 0. The summed E-state index contributed by atoms with van der Waals surface area (Å²) in [5.41, 5.74) is 18.2. The fraction of sp³-hybridized carbons (Fsp3) is 0.148. The maximum Gasteiger partial charge on any atom is 0.132 e. The highest BCUT2D eigenvalue weighted by atomic mass is 32.1. The Morgan fingerprint density at radius 2 is 1.55 bits per heavy atom. The Balaban J connectivity index is 0.000000318. The molecular weight excluding hydrogens is 426 g/mol. The van der Waals surface area contributed by atoms with E-state index in [2.05, 4.69) is 52.9 Å². The number of nitrogens with one attached hydrogen (secondary N) is 1. The van der Waals surface area contributed by atoms with Gasteiger partial charge in [-0.05, 0) is 65.4 Å². The Labute approximate surface area is 199 Å². The van der Waals surface area contributed by atoms with E-state index in [9.17, 15) is 0 Å². The lowest BCUT2D eigenvalue weighted by atomic mass is 9.80. The molecule has 0 saturated heterocycles. The van der Waals surface area contributed by atoms with E-state index in [1.165, 1.54) is 17.3 Å². The lowest BCUT2D eigenvalue weighted by Gasteiger charge is -2.27. The number of benzene rings is 2. The first-order chi connectivity index (χ1) is 16.1. The van der Waals surface area contributed by atoms with E-state index in [4.69, 9.17) is 16.9 Å². The van der Waals surface area contributed by atoms with Crippen LogP contribution in [0.2, 0.25) is 0 Å². The largest absolute Gasteiger partial charge is 0.383 e. The van der Waals surface area contributed by atoms with Gasteiger partial charge >= 0.3 is 0 Å². The van der Waals surface area contributed by atoms with Crippen LogP contribution in [0.25, 0.3) is 11.1 Å². The predicted octanol–water partition coefficient (Wildman–Crippen LogP) is 4.69. The first-order valence-corrected chi connectivity index (χ1v) is 11.2. The van der Waals surface area contributed by atoms with Gasteiger partial charge in [0.05, 0.1) is 0 Å². The van der Waals surface area contributed by atoms with Crippen LogP contribution in [0, 0.1) is 5.41 Å². The van der Waals surface area contributed by atoms with Crippen molar-refractivity contribution in [3.8, 4) is 11.1 Å². The van der Waals surface area contributed by atoms with Crippen LogP contribution in [0.5, 0.6) is 0 Å². The average Bonchev–Trinajstić information content (AvgIpc) is 3.25. The van der Waals surface area contributed by atoms with E-state index >= 15 is 0 Å². The van der Waals surface area contributed by atoms with Crippen molar-refractivity contribution in [1.82, 2.24) is 9.97 Å². The van der Waals surface area contributed by atoms with Crippen LogP contribution >= 0.6 is 12.6 Å². The van der Waals surface area contributed by atoms with Gasteiger partial charge in [0.2, 0.25) is 0 Å². The van der Waals surface area contributed by atoms with Crippen LogP contribution in [0.15, 0.2) is 90.1 Å². The molecule has 0 aliphatic heterocycles. The van der Waals surface area contributed by atoms with Crippen molar-refractivity contribution in [3.05, 3.63) is 108 Å². The second-order valence-corrected chi connectivity index (χ2v) is 8.69. The van der Waals surface area contributed by atoms with E-state index in [1.54, 1.807) is 6.20 Å². The first kappa shape index (κ1) is 22.7. The molecule has 5 rings (SSSR count). The van der Waals surface area contributed by atoms with E-state index in [-0.39, 0.29) is 5.41 Å². The fourth-order valence-corrected chi connectivity index (χ4v) is 4.51. The second kappa shape index (κ2) is 9.98. The number of fused-ring (bicyclic) bond motifs is 1. The minimum atomic E-state index is -0.191. The second-order valence-electron chi connectivity index (χ2n) is 8.17. The number of hydrogen-bond donors (Lipinski definition) is 4. The van der Waals surface area contributed by atoms with Gasteiger partial charge in [-0.25, -0.2) is 4.98 Å². The zero-order chi connectivity index (χ0) is 23.3. The normalized spacial score (nSPS) is 13.5. The van der Waals surface area contributed by atoms with Crippen molar-refractivity contribution in [2.45, 2.75) is 23.2 Å². The number of rotatable bonds is 4. The highest BCUT2D eigenvalue weighted by molar-refractivity contribution is 7.80. The minimum Gasteiger partial charge on any atom is -0.383 e. The smallest absolute Gasteiger partial charge is 0.132 e. The van der Waals surface area contributed by atoms with E-state index in [0.29, 0.717) is 17.9 Å². The molecule has 2 aromatic carbocycles. The summed E-state index contributed by atoms with van der Waals surface area (Å²) < 4.78 is 0. The number of aromatic nitrogens is 2. The van der Waals surface area contributed by atoms with E-state index in [1.807, 2.05) is 48.7 Å². The Hall–Kier alpha value is -3.48. The van der Waals surface area contributed by atoms with Crippen molar-refractivity contribution < 1.29 is 0 Å². The van der Waals surface area contributed by atoms with Gasteiger partial charge < -0.3 is 16.9 Å². The van der Waals surface area contributed by atoms with Crippen molar-refractivity contribution >= 4 is 24.7 Å². The third-order valence-electron chi connectivity index (χ3n) is 6.10. The van der Waals surface area contributed by atoms with Crippen LogP contribution in [0.4, 0.5) is 5.82 Å². The third kappa shape index (κ3) is 4.82. The molecule has 6 heteroatoms. The molecule has 5 nitrogen and oxygen atoms in total. The molecule has 1 aliphatic carbocycles. The third-order valence-corrected chi connectivity index (χ3v) is 6.40. The number of nitrogen functional groups attached to an aromatic ring is 1. The van der Waals surface area contributed by atoms with Crippen LogP contribution in [0.1, 0.15) is 22.4 Å². The SMILES string of the molecule is N=Cc1c(-c2ccnc(C3(CN)Cc4ccccc4C3)c2)ccnc1N.Sc1ccccc1. The molecule has 4 aromatic rings. The fourth-order valence-electron chi connectivity index (χ4n) is 4.33. The molecule has 0 saturated carbocycles. The summed E-state index contributed by atoms with van der Waals surface area (Å²) >= 11 is 4.08. The van der Waals surface area contributed by atoms with E-state index in [0.717, 1.165) is 34.6 Å². The topological polar surface area (TPSA) is 102 Å². The zero-order valence-electron chi connectivity index (χ0n) is 18.3. The summed E-state index contributed by atoms with van der Waals surface area (Å²) in [5, 5.41) is 7.68. The molecule has 0 atom stereocenters. The van der Waals surface area contributed by atoms with Gasteiger partial charge in [0, 0.05) is 46.7 Å². The highest BCUT2D eigenvalue weighted by Gasteiger charge is 2.38. The molecule has 5 N–H and O–H groups in total. The van der Waals surface area contributed by atoms with Crippen LogP contribution in [-0.4, -0.2) is 22.7 Å². The Morgan fingerprint density at radius 3 is 2.12 bits per heavy atom. The lowest BCUT2D eigenvalue weighted by molar-refractivity contribution is 0.450. The molecule has 33 heavy (non-hydrogen) atoms. The van der Waals surface area contributed by atoms with Gasteiger partial charge in [0.15, 0.2) is 0 Å². The summed E-state index contributed by atoms with van der Waals surface area (Å²) in [6.45, 7) is 0.536. The van der Waals surface area contributed by atoms with Gasteiger partial charge in [0.1, 0.15) is 5.82 Å². The molecule has 166 valence electrons. The number of nitrogens with two attached hydrogens (primary N) is 2. The van der Waals surface area contributed by atoms with Crippen molar-refractivity contribution in [1.29, 1.82) is 5.41 Å². The molecule has 2 heterocycles. The van der Waals surface area contributed by atoms with Crippen molar-refractivity contribution in [3.63, 3.8) is 0 Å². The molecule has 0 radical (unpaired) electrons. The number of anilines is 1. The van der Waals surface area contributed by atoms with Crippen LogP contribution in [-0.2, 0) is 18.3 Å². The molecule has 2 aromatic heterocycles. The molecule has 0 bridgehead atoms. The summed E-state index contributed by atoms with van der Waals surface area (Å²) in [6, 6.07) is 24.2. The van der Waals surface area contributed by atoms with E-state index < -0.39 is 0 Å². The first-order valence-electron chi connectivity index (χ1n) is 10.8. The van der Waals surface area contributed by atoms with Gasteiger partial charge in [0.25, 0.3) is 0 Å². The highest BCUT2D eigenvalue weighted by Crippen LogP contribution is 2.39. The quantitative estimate of drug-likeness (QED) is 0.266. The Bertz CT molecular complexity index is 1230. The number of nitrogens with zero attached hydrogens (tertiary/aromatic N) is 2. The number of hydrogen-bond acceptors (Lipinski definition) is 6. The lowest BCUT2D eigenvalue weighted by Crippen LogP contribution is -2.36. The zero-order valence-corrected chi connectivity index (χ0v) is 19.2. The van der Waals surface area contributed by atoms with Gasteiger partial charge in [-0.1, -0.05) is 42.5 Å². The Morgan fingerprint density at radius 1 is 0.909 bits per heavy atom. The van der Waals surface area contributed by atoms with Gasteiger partial charge in [-0.2, -0.15) is 0 Å². The molecule has 0 amide bonds. The summed E-state index contributed by atoms with van der Waals surface area (Å²) in [5.74, 6) is 0.359. The van der Waals surface area contributed by atoms with Gasteiger partial charge in [-0.15, -0.1) is 12.6 Å². The maximum absolute atomic E-state index is 7.68. The Kier molecular flexibility index (Phi) is 6.87. The summed E-state index contributed by atoms with van der Waals surface area (Å²) in [6.07, 6.45) is 6.53. The molecule has 0 unspecified atom stereocenters. The number of thiol groups is 1. The monoisotopic (exact) mass is 453 g/mol. The van der Waals surface area contributed by atoms with Crippen molar-refractivity contribution in [2.24, 2.45) is 5.73 Å². The maximum atomic E-state index is 7.68. The standard InChI is InChI=1S/C21H21N5.C6H6S/c22-12-18-17(6-8-26-20(18)24)14-5-7-25-19(9-14)21(13-23)10-15-3-1-2-4-16(15)11-21;7-6-4-2-1-3-5-6/h1-9,12,22H,10-11,13,23H2,(H2,24,26);1-5,7H. The molecular formula is C27H27N5S. The van der Waals surface area contributed by atoms with Crippen LogP contribution in [0.3, 0.4) is 0 Å². The number of pyridine rings is 2. The minimum absolute atomic E-state index is 0.191. The molecule has 1 aliphatic rings. The predicted molar refractivity (Wildman–Crippen MR) is 138 cm³/mol. The average molecular weight is 454 g/mol. The summed E-state index contributed by atoms with van der Waals surface area (Å²) in [4.78, 5) is 9.77. The van der Waals surface area contributed by atoms with Crippen LogP contribution < -0.4 is 11.5 Å². The van der Waals surface area contributed by atoms with Crippen molar-refractivity contribution in [2.75, 3.05) is 12.3 Å². The molecule has 0 spiro atoms.